The van der Waals surface area contributed by atoms with E-state index in [9.17, 15) is 15.2 Å². The minimum atomic E-state index is -0.436. The van der Waals surface area contributed by atoms with Gasteiger partial charge in [-0.3, -0.25) is 15.1 Å². The summed E-state index contributed by atoms with van der Waals surface area (Å²) in [6.07, 6.45) is 1.49. The molecule has 0 spiro atoms. The zero-order valence-electron chi connectivity index (χ0n) is 10.3. The van der Waals surface area contributed by atoms with Crippen LogP contribution < -0.4 is 0 Å². The monoisotopic (exact) mass is 256 g/mol. The molecule has 19 heavy (non-hydrogen) atoms. The van der Waals surface area contributed by atoms with Crippen LogP contribution in [0.5, 0.6) is 5.75 Å². The van der Waals surface area contributed by atoms with E-state index in [1.165, 1.54) is 12.3 Å². The first kappa shape index (κ1) is 12.8. The molecule has 2 aromatic rings. The van der Waals surface area contributed by atoms with E-state index < -0.39 is 4.92 Å². The molecule has 5 nitrogen and oxygen atoms in total. The topological polar surface area (TPSA) is 75.7 Å². The fourth-order valence-corrected chi connectivity index (χ4v) is 1.69. The Morgan fingerprint density at radius 1 is 1.21 bits per heavy atom. The fraction of sp³-hybridized carbons (Fsp3) is 0.0714. The molecule has 0 fully saturated rings. The zero-order valence-corrected chi connectivity index (χ0v) is 10.3. The predicted octanol–water partition coefficient (Wildman–Crippen LogP) is 3.36. The lowest BCUT2D eigenvalue weighted by Gasteiger charge is -2.01. The number of aromatic hydroxyl groups is 1. The molecule has 2 aromatic carbocycles. The minimum Gasteiger partial charge on any atom is -0.507 e. The molecule has 0 bridgehead atoms. The Bertz CT molecular complexity index is 651. The van der Waals surface area contributed by atoms with Gasteiger partial charge in [-0.25, -0.2) is 0 Å². The van der Waals surface area contributed by atoms with Crippen LogP contribution in [0.4, 0.5) is 11.4 Å². The van der Waals surface area contributed by atoms with E-state index in [0.717, 1.165) is 0 Å². The van der Waals surface area contributed by atoms with Crippen LogP contribution in [0.25, 0.3) is 0 Å². The highest BCUT2D eigenvalue weighted by Gasteiger charge is 2.12. The van der Waals surface area contributed by atoms with Crippen LogP contribution in [-0.4, -0.2) is 16.2 Å². The predicted molar refractivity (Wildman–Crippen MR) is 73.2 cm³/mol. The number of phenols is 1. The quantitative estimate of drug-likeness (QED) is 0.519. The molecule has 0 heterocycles. The van der Waals surface area contributed by atoms with E-state index in [1.807, 2.05) is 0 Å². The molecule has 5 heteroatoms. The third kappa shape index (κ3) is 2.77. The van der Waals surface area contributed by atoms with E-state index >= 15 is 0 Å². The van der Waals surface area contributed by atoms with Crippen molar-refractivity contribution in [2.45, 2.75) is 6.92 Å². The highest BCUT2D eigenvalue weighted by molar-refractivity contribution is 5.85. The lowest BCUT2D eigenvalue weighted by molar-refractivity contribution is -0.385. The minimum absolute atomic E-state index is 0.0342. The number of hydrogen-bond donors (Lipinski definition) is 1. The molecular formula is C14H12N2O3. The first-order chi connectivity index (χ1) is 9.09. The van der Waals surface area contributed by atoms with Crippen molar-refractivity contribution in [1.82, 2.24) is 0 Å². The molecule has 0 saturated heterocycles. The number of nitro benzene ring substituents is 1. The second kappa shape index (κ2) is 5.30. The summed E-state index contributed by atoms with van der Waals surface area (Å²) in [5.41, 5.74) is 1.61. The van der Waals surface area contributed by atoms with Crippen molar-refractivity contribution < 1.29 is 10.0 Å². The average Bonchev–Trinajstić information content (AvgIpc) is 2.39. The van der Waals surface area contributed by atoms with E-state index in [0.29, 0.717) is 16.8 Å². The molecule has 0 unspecified atom stereocenters. The van der Waals surface area contributed by atoms with Crippen molar-refractivity contribution in [3.05, 3.63) is 63.7 Å². The molecule has 0 atom stereocenters. The molecule has 0 aliphatic rings. The van der Waals surface area contributed by atoms with Gasteiger partial charge in [-0.15, -0.1) is 0 Å². The second-order valence-electron chi connectivity index (χ2n) is 4.00. The average molecular weight is 256 g/mol. The molecule has 0 aliphatic carbocycles. The van der Waals surface area contributed by atoms with Gasteiger partial charge >= 0.3 is 0 Å². The molecule has 0 radical (unpaired) electrons. The van der Waals surface area contributed by atoms with Crippen LogP contribution in [0, 0.1) is 17.0 Å². The summed E-state index contributed by atoms with van der Waals surface area (Å²) in [5.74, 6) is 0.120. The number of phenolic OH excluding ortho intramolecular Hbond substituents is 1. The van der Waals surface area contributed by atoms with Gasteiger partial charge in [-0.2, -0.15) is 0 Å². The van der Waals surface area contributed by atoms with E-state index in [2.05, 4.69) is 4.99 Å². The van der Waals surface area contributed by atoms with Crippen LogP contribution in [-0.2, 0) is 0 Å². The molecule has 0 saturated carbocycles. The van der Waals surface area contributed by atoms with Crippen molar-refractivity contribution in [2.75, 3.05) is 0 Å². The lowest BCUT2D eigenvalue weighted by atomic mass is 10.1. The van der Waals surface area contributed by atoms with Crippen molar-refractivity contribution in [3.63, 3.8) is 0 Å². The van der Waals surface area contributed by atoms with Crippen molar-refractivity contribution in [1.29, 1.82) is 0 Å². The standard InChI is InChI=1S/C14H12N2O3/c1-10-12(6-4-7-13(10)16(18)19)15-9-11-5-2-3-8-14(11)17/h2-9,17H,1H3. The van der Waals surface area contributed by atoms with Gasteiger partial charge < -0.3 is 5.11 Å². The maximum Gasteiger partial charge on any atom is 0.274 e. The highest BCUT2D eigenvalue weighted by Crippen LogP contribution is 2.27. The van der Waals surface area contributed by atoms with Crippen LogP contribution >= 0.6 is 0 Å². The third-order valence-electron chi connectivity index (χ3n) is 2.75. The highest BCUT2D eigenvalue weighted by atomic mass is 16.6. The summed E-state index contributed by atoms with van der Waals surface area (Å²) < 4.78 is 0. The number of rotatable bonds is 3. The zero-order chi connectivity index (χ0) is 13.8. The number of hydrogen-bond acceptors (Lipinski definition) is 4. The van der Waals surface area contributed by atoms with Gasteiger partial charge in [0.15, 0.2) is 0 Å². The lowest BCUT2D eigenvalue weighted by Crippen LogP contribution is -1.91. The maximum atomic E-state index is 10.8. The Labute approximate surface area is 110 Å². The summed E-state index contributed by atoms with van der Waals surface area (Å²) in [6.45, 7) is 1.65. The van der Waals surface area contributed by atoms with Gasteiger partial charge in [0.25, 0.3) is 5.69 Å². The summed E-state index contributed by atoms with van der Waals surface area (Å²) in [4.78, 5) is 14.6. The molecule has 0 aliphatic heterocycles. The summed E-state index contributed by atoms with van der Waals surface area (Å²) in [6, 6.07) is 11.5. The Morgan fingerprint density at radius 3 is 2.63 bits per heavy atom. The fourth-order valence-electron chi connectivity index (χ4n) is 1.69. The Kier molecular flexibility index (Phi) is 3.56. The van der Waals surface area contributed by atoms with Gasteiger partial charge in [0.05, 0.1) is 16.2 Å². The van der Waals surface area contributed by atoms with Crippen molar-refractivity contribution >= 4 is 17.6 Å². The summed E-state index contributed by atoms with van der Waals surface area (Å²) >= 11 is 0. The number of nitrogens with zero attached hydrogens (tertiary/aromatic N) is 2. The van der Waals surface area contributed by atoms with E-state index in [-0.39, 0.29) is 11.4 Å². The first-order valence-corrected chi connectivity index (χ1v) is 5.65. The second-order valence-corrected chi connectivity index (χ2v) is 4.00. The molecule has 1 N–H and O–H groups in total. The number of para-hydroxylation sites is 1. The Morgan fingerprint density at radius 2 is 1.95 bits per heavy atom. The van der Waals surface area contributed by atoms with Crippen LogP contribution in [0.2, 0.25) is 0 Å². The van der Waals surface area contributed by atoms with Crippen molar-refractivity contribution in [2.24, 2.45) is 4.99 Å². The van der Waals surface area contributed by atoms with Crippen LogP contribution in [0.1, 0.15) is 11.1 Å². The SMILES string of the molecule is Cc1c(N=Cc2ccccc2O)cccc1[N+](=O)[O-]. The molecule has 0 amide bonds. The normalized spacial score (nSPS) is 10.8. The third-order valence-corrected chi connectivity index (χ3v) is 2.75. The molecular weight excluding hydrogens is 244 g/mol. The van der Waals surface area contributed by atoms with Gasteiger partial charge in [0.2, 0.25) is 0 Å². The number of benzene rings is 2. The molecule has 2 rings (SSSR count). The number of aliphatic imine (C=N–C) groups is 1. The smallest absolute Gasteiger partial charge is 0.274 e. The molecule has 96 valence electrons. The van der Waals surface area contributed by atoms with Crippen LogP contribution in [0.3, 0.4) is 0 Å². The Hall–Kier alpha value is -2.69. The van der Waals surface area contributed by atoms with Gasteiger partial charge in [0, 0.05) is 17.8 Å². The summed E-state index contributed by atoms with van der Waals surface area (Å²) in [5, 5.41) is 20.4. The van der Waals surface area contributed by atoms with E-state index in [1.54, 1.807) is 43.3 Å². The van der Waals surface area contributed by atoms with Gasteiger partial charge in [-0.1, -0.05) is 18.2 Å². The maximum absolute atomic E-state index is 10.8. The largest absolute Gasteiger partial charge is 0.507 e. The first-order valence-electron chi connectivity index (χ1n) is 5.65. The van der Waals surface area contributed by atoms with Gasteiger partial charge in [0.1, 0.15) is 5.75 Å². The molecule has 0 aromatic heterocycles. The van der Waals surface area contributed by atoms with Crippen molar-refractivity contribution in [3.8, 4) is 5.75 Å². The number of nitro groups is 1. The van der Waals surface area contributed by atoms with Crippen LogP contribution in [0.15, 0.2) is 47.5 Å². The van der Waals surface area contributed by atoms with E-state index in [4.69, 9.17) is 0 Å². The summed E-state index contributed by atoms with van der Waals surface area (Å²) in [7, 11) is 0. The van der Waals surface area contributed by atoms with Gasteiger partial charge in [-0.05, 0) is 25.1 Å². The Balaban J connectivity index is 2.37.